The molecule has 0 aromatic carbocycles. The highest BCUT2D eigenvalue weighted by molar-refractivity contribution is 5.77. The maximum atomic E-state index is 11.8. The molecule has 22 heavy (non-hydrogen) atoms. The van der Waals surface area contributed by atoms with Crippen LogP contribution < -0.4 is 0 Å². The molecule has 3 rings (SSSR count). The Morgan fingerprint density at radius 3 is 3.00 bits per heavy atom. The van der Waals surface area contributed by atoms with Crippen LogP contribution in [0.25, 0.3) is 0 Å². The molecular weight excluding hydrogens is 282 g/mol. The zero-order chi connectivity index (χ0) is 15.6. The molecule has 2 saturated heterocycles. The predicted octanol–water partition coefficient (Wildman–Crippen LogP) is 0.450. The number of amides is 1. The Bertz CT molecular complexity index is 534. The molecule has 1 aromatic rings. The number of hydrogen-bond donors (Lipinski definition) is 0. The molecule has 0 bridgehead atoms. The Balaban J connectivity index is 1.68. The van der Waals surface area contributed by atoms with Crippen LogP contribution in [-0.4, -0.2) is 72.8 Å². The van der Waals surface area contributed by atoms with Crippen molar-refractivity contribution in [3.05, 3.63) is 29.6 Å². The molecule has 0 saturated carbocycles. The molecule has 0 radical (unpaired) electrons. The number of aromatic nitrogens is 1. The minimum atomic E-state index is -0.419. The molecule has 2 aliphatic rings. The van der Waals surface area contributed by atoms with Crippen LogP contribution in [0.5, 0.6) is 0 Å². The van der Waals surface area contributed by atoms with Crippen LogP contribution in [0.1, 0.15) is 11.3 Å². The van der Waals surface area contributed by atoms with Gasteiger partial charge in [-0.15, -0.1) is 0 Å². The summed E-state index contributed by atoms with van der Waals surface area (Å²) in [4.78, 5) is 20.2. The molecule has 1 spiro atoms. The van der Waals surface area contributed by atoms with Crippen molar-refractivity contribution in [3.63, 3.8) is 0 Å². The SMILES string of the molecule is Cc1ccc(CN2CCOC3(COCC(=O)N(C)C3)C2)cn1. The maximum Gasteiger partial charge on any atom is 0.248 e. The van der Waals surface area contributed by atoms with E-state index in [1.807, 2.05) is 26.2 Å². The molecule has 3 heterocycles. The van der Waals surface area contributed by atoms with Gasteiger partial charge in [-0.1, -0.05) is 6.07 Å². The van der Waals surface area contributed by atoms with Crippen molar-refractivity contribution < 1.29 is 14.3 Å². The van der Waals surface area contributed by atoms with Gasteiger partial charge >= 0.3 is 0 Å². The largest absolute Gasteiger partial charge is 0.369 e. The normalized spacial score (nSPS) is 27.2. The van der Waals surface area contributed by atoms with Crippen molar-refractivity contribution in [1.29, 1.82) is 0 Å². The number of likely N-dealkylation sites (N-methyl/N-ethyl adjacent to an activating group) is 1. The van der Waals surface area contributed by atoms with Crippen molar-refractivity contribution in [2.24, 2.45) is 0 Å². The molecule has 6 nitrogen and oxygen atoms in total. The molecular formula is C16H23N3O3. The van der Waals surface area contributed by atoms with Gasteiger partial charge in [-0.05, 0) is 18.6 Å². The van der Waals surface area contributed by atoms with Gasteiger partial charge in [0.25, 0.3) is 0 Å². The lowest BCUT2D eigenvalue weighted by Gasteiger charge is -2.42. The first kappa shape index (κ1) is 15.4. The summed E-state index contributed by atoms with van der Waals surface area (Å²) in [7, 11) is 1.81. The summed E-state index contributed by atoms with van der Waals surface area (Å²) in [6.07, 6.45) is 1.93. The average Bonchev–Trinajstić information content (AvgIpc) is 2.61. The van der Waals surface area contributed by atoms with Crippen LogP contribution in [-0.2, 0) is 20.8 Å². The minimum Gasteiger partial charge on any atom is -0.369 e. The first-order chi connectivity index (χ1) is 10.6. The summed E-state index contributed by atoms with van der Waals surface area (Å²) in [6.45, 7) is 6.32. The number of pyridine rings is 1. The number of nitrogens with zero attached hydrogens (tertiary/aromatic N) is 3. The lowest BCUT2D eigenvalue weighted by molar-refractivity contribution is -0.143. The van der Waals surface area contributed by atoms with Crippen molar-refractivity contribution in [2.45, 2.75) is 19.1 Å². The van der Waals surface area contributed by atoms with Crippen LogP contribution in [0.4, 0.5) is 0 Å². The van der Waals surface area contributed by atoms with Crippen molar-refractivity contribution in [1.82, 2.24) is 14.8 Å². The van der Waals surface area contributed by atoms with Gasteiger partial charge in [-0.2, -0.15) is 0 Å². The van der Waals surface area contributed by atoms with Crippen molar-refractivity contribution in [3.8, 4) is 0 Å². The highest BCUT2D eigenvalue weighted by Gasteiger charge is 2.41. The molecule has 1 atom stereocenters. The van der Waals surface area contributed by atoms with Crippen LogP contribution in [0.2, 0.25) is 0 Å². The van der Waals surface area contributed by atoms with E-state index in [0.717, 1.165) is 25.3 Å². The Hall–Kier alpha value is -1.50. The Morgan fingerprint density at radius 2 is 2.23 bits per heavy atom. The van der Waals surface area contributed by atoms with E-state index in [2.05, 4.69) is 16.0 Å². The first-order valence-electron chi connectivity index (χ1n) is 7.66. The topological polar surface area (TPSA) is 54.9 Å². The molecule has 1 unspecified atom stereocenters. The van der Waals surface area contributed by atoms with Gasteiger partial charge in [0.05, 0.1) is 19.8 Å². The second kappa shape index (κ2) is 6.32. The van der Waals surface area contributed by atoms with Gasteiger partial charge in [0.15, 0.2) is 0 Å². The third kappa shape index (κ3) is 3.45. The van der Waals surface area contributed by atoms with Crippen molar-refractivity contribution >= 4 is 5.91 Å². The van der Waals surface area contributed by atoms with Gasteiger partial charge in [-0.3, -0.25) is 14.7 Å². The van der Waals surface area contributed by atoms with Gasteiger partial charge in [0.2, 0.25) is 5.91 Å². The highest BCUT2D eigenvalue weighted by Crippen LogP contribution is 2.23. The molecule has 0 aliphatic carbocycles. The lowest BCUT2D eigenvalue weighted by Crippen LogP contribution is -2.58. The van der Waals surface area contributed by atoms with E-state index in [0.29, 0.717) is 19.8 Å². The number of morpholine rings is 1. The van der Waals surface area contributed by atoms with Gasteiger partial charge in [-0.25, -0.2) is 0 Å². The lowest BCUT2D eigenvalue weighted by atomic mass is 10.0. The fourth-order valence-electron chi connectivity index (χ4n) is 3.09. The summed E-state index contributed by atoms with van der Waals surface area (Å²) in [5.74, 6) is 0.0142. The molecule has 0 N–H and O–H groups in total. The second-order valence-electron chi connectivity index (χ2n) is 6.29. The summed E-state index contributed by atoms with van der Waals surface area (Å²) >= 11 is 0. The fraction of sp³-hybridized carbons (Fsp3) is 0.625. The van der Waals surface area contributed by atoms with Crippen LogP contribution in [0.15, 0.2) is 18.3 Å². The fourth-order valence-corrected chi connectivity index (χ4v) is 3.09. The average molecular weight is 305 g/mol. The maximum absolute atomic E-state index is 11.8. The molecule has 1 amide bonds. The summed E-state index contributed by atoms with van der Waals surface area (Å²) < 4.78 is 11.5. The number of hydrogen-bond acceptors (Lipinski definition) is 5. The Kier molecular flexibility index (Phi) is 4.42. The highest BCUT2D eigenvalue weighted by atomic mass is 16.5. The quantitative estimate of drug-likeness (QED) is 0.794. The third-order valence-electron chi connectivity index (χ3n) is 4.25. The van der Waals surface area contributed by atoms with Crippen molar-refractivity contribution in [2.75, 3.05) is 46.5 Å². The minimum absolute atomic E-state index is 0.0142. The van der Waals surface area contributed by atoms with E-state index in [1.54, 1.807) is 4.90 Å². The van der Waals surface area contributed by atoms with E-state index >= 15 is 0 Å². The zero-order valence-corrected chi connectivity index (χ0v) is 13.2. The summed E-state index contributed by atoms with van der Waals surface area (Å²) in [6, 6.07) is 4.15. The molecule has 6 heteroatoms. The third-order valence-corrected chi connectivity index (χ3v) is 4.25. The molecule has 120 valence electrons. The molecule has 1 aromatic heterocycles. The number of carbonyl (C=O) groups excluding carboxylic acids is 1. The zero-order valence-electron chi connectivity index (χ0n) is 13.2. The number of carbonyl (C=O) groups is 1. The van der Waals surface area contributed by atoms with Gasteiger partial charge < -0.3 is 14.4 Å². The van der Waals surface area contributed by atoms with E-state index < -0.39 is 5.60 Å². The number of rotatable bonds is 2. The summed E-state index contributed by atoms with van der Waals surface area (Å²) in [5.41, 5.74) is 1.80. The Morgan fingerprint density at radius 1 is 1.36 bits per heavy atom. The first-order valence-corrected chi connectivity index (χ1v) is 7.66. The molecule has 2 fully saturated rings. The molecule has 2 aliphatic heterocycles. The summed E-state index contributed by atoms with van der Waals surface area (Å²) in [5, 5.41) is 0. The standard InChI is InChI=1S/C16H23N3O3/c1-13-3-4-14(7-17-13)8-19-5-6-22-16(11-19)10-18(2)15(20)9-21-12-16/h3-4,7H,5-6,8-12H2,1-2H3. The van der Waals surface area contributed by atoms with Gasteiger partial charge in [0, 0.05) is 38.6 Å². The van der Waals surface area contributed by atoms with Gasteiger partial charge in [0.1, 0.15) is 12.2 Å². The second-order valence-corrected chi connectivity index (χ2v) is 6.29. The number of aryl methyl sites for hydroxylation is 1. The van der Waals surface area contributed by atoms with Crippen LogP contribution in [0, 0.1) is 6.92 Å². The van der Waals surface area contributed by atoms with E-state index in [9.17, 15) is 4.79 Å². The predicted molar refractivity (Wildman–Crippen MR) is 81.4 cm³/mol. The number of ether oxygens (including phenoxy) is 2. The van der Waals surface area contributed by atoms with E-state index in [4.69, 9.17) is 9.47 Å². The smallest absolute Gasteiger partial charge is 0.248 e. The Labute approximate surface area is 131 Å². The monoisotopic (exact) mass is 305 g/mol. The van der Waals surface area contributed by atoms with Crippen LogP contribution in [0.3, 0.4) is 0 Å². The van der Waals surface area contributed by atoms with E-state index in [-0.39, 0.29) is 12.5 Å². The van der Waals surface area contributed by atoms with E-state index in [1.165, 1.54) is 5.56 Å². The van der Waals surface area contributed by atoms with Crippen LogP contribution >= 0.6 is 0 Å².